The summed E-state index contributed by atoms with van der Waals surface area (Å²) in [6.07, 6.45) is 0.921. The lowest BCUT2D eigenvalue weighted by Gasteiger charge is -2.26. The second-order valence-electron chi connectivity index (χ2n) is 6.55. The van der Waals surface area contributed by atoms with Crippen LogP contribution in [0.4, 0.5) is 11.4 Å². The van der Waals surface area contributed by atoms with Gasteiger partial charge in [-0.1, -0.05) is 24.3 Å². The van der Waals surface area contributed by atoms with Gasteiger partial charge in [-0.15, -0.1) is 0 Å². The average Bonchev–Trinajstić information content (AvgIpc) is 3.05. The van der Waals surface area contributed by atoms with Gasteiger partial charge < -0.3 is 10.2 Å². The van der Waals surface area contributed by atoms with Crippen molar-refractivity contribution >= 4 is 27.3 Å². The van der Waals surface area contributed by atoms with Gasteiger partial charge in [0.15, 0.2) is 0 Å². The SMILES string of the molecule is C[C@H](C(=O)Nc1cccc(S(=O)(=O)N(C)C)c1)N1CCc2ccccc21. The Morgan fingerprint density at radius 1 is 1.15 bits per heavy atom. The number of hydrogen-bond donors (Lipinski definition) is 1. The van der Waals surface area contributed by atoms with Gasteiger partial charge in [-0.25, -0.2) is 12.7 Å². The highest BCUT2D eigenvalue weighted by Crippen LogP contribution is 2.29. The number of carbonyl (C=O) groups is 1. The standard InChI is InChI=1S/C19H23N3O3S/c1-14(22-12-11-15-7-4-5-10-18(15)22)19(23)20-16-8-6-9-17(13-16)26(24,25)21(2)3/h4-10,13-14H,11-12H2,1-3H3,(H,20,23)/t14-/m1/s1. The minimum Gasteiger partial charge on any atom is -0.359 e. The third-order valence-electron chi connectivity index (χ3n) is 4.65. The molecule has 0 aliphatic carbocycles. The number of rotatable bonds is 5. The third-order valence-corrected chi connectivity index (χ3v) is 6.46. The van der Waals surface area contributed by atoms with Crippen LogP contribution in [0.3, 0.4) is 0 Å². The second-order valence-corrected chi connectivity index (χ2v) is 8.70. The van der Waals surface area contributed by atoms with Crippen molar-refractivity contribution < 1.29 is 13.2 Å². The summed E-state index contributed by atoms with van der Waals surface area (Å²) in [7, 11) is -0.580. The molecule has 6 nitrogen and oxygen atoms in total. The molecule has 1 aliphatic heterocycles. The van der Waals surface area contributed by atoms with Gasteiger partial charge in [0.05, 0.1) is 4.90 Å². The van der Waals surface area contributed by atoms with Crippen LogP contribution in [0.1, 0.15) is 12.5 Å². The van der Waals surface area contributed by atoms with E-state index < -0.39 is 10.0 Å². The van der Waals surface area contributed by atoms with E-state index in [0.717, 1.165) is 23.0 Å². The Balaban J connectivity index is 1.77. The van der Waals surface area contributed by atoms with Crippen LogP contribution in [0, 0.1) is 0 Å². The minimum absolute atomic E-state index is 0.152. The third kappa shape index (κ3) is 3.45. The first-order chi connectivity index (χ1) is 12.3. The fraction of sp³-hybridized carbons (Fsp3) is 0.316. The maximum atomic E-state index is 12.7. The van der Waals surface area contributed by atoms with Crippen molar-refractivity contribution in [2.75, 3.05) is 30.9 Å². The molecule has 1 N–H and O–H groups in total. The van der Waals surface area contributed by atoms with Crippen LogP contribution in [-0.4, -0.2) is 45.3 Å². The van der Waals surface area contributed by atoms with E-state index in [1.807, 2.05) is 25.1 Å². The first-order valence-electron chi connectivity index (χ1n) is 8.48. The van der Waals surface area contributed by atoms with Crippen molar-refractivity contribution in [2.45, 2.75) is 24.3 Å². The van der Waals surface area contributed by atoms with Crippen LogP contribution in [0.2, 0.25) is 0 Å². The number of sulfonamides is 1. The van der Waals surface area contributed by atoms with Gasteiger partial charge in [0.1, 0.15) is 6.04 Å². The molecule has 3 rings (SSSR count). The van der Waals surface area contributed by atoms with E-state index in [-0.39, 0.29) is 16.8 Å². The van der Waals surface area contributed by atoms with Crippen molar-refractivity contribution in [2.24, 2.45) is 0 Å². The van der Waals surface area contributed by atoms with Crippen LogP contribution >= 0.6 is 0 Å². The van der Waals surface area contributed by atoms with E-state index >= 15 is 0 Å². The number of nitrogens with zero attached hydrogens (tertiary/aromatic N) is 2. The van der Waals surface area contributed by atoms with Gasteiger partial charge in [-0.3, -0.25) is 4.79 Å². The normalized spacial score (nSPS) is 15.0. The Morgan fingerprint density at radius 2 is 1.88 bits per heavy atom. The summed E-state index contributed by atoms with van der Waals surface area (Å²) in [6, 6.07) is 14.0. The molecule has 0 bridgehead atoms. The number of anilines is 2. The summed E-state index contributed by atoms with van der Waals surface area (Å²) in [6.45, 7) is 2.65. The number of amides is 1. The highest BCUT2D eigenvalue weighted by Gasteiger charge is 2.27. The smallest absolute Gasteiger partial charge is 0.246 e. The molecule has 0 saturated heterocycles. The van der Waals surface area contributed by atoms with Gasteiger partial charge in [0.2, 0.25) is 15.9 Å². The molecule has 1 aliphatic rings. The molecule has 0 aromatic heterocycles. The molecule has 138 valence electrons. The van der Waals surface area contributed by atoms with Crippen LogP contribution in [0.5, 0.6) is 0 Å². The summed E-state index contributed by atoms with van der Waals surface area (Å²) < 4.78 is 25.7. The monoisotopic (exact) mass is 373 g/mol. The molecule has 1 atom stereocenters. The Bertz CT molecular complexity index is 925. The highest BCUT2D eigenvalue weighted by atomic mass is 32.2. The molecule has 7 heteroatoms. The molecule has 0 saturated carbocycles. The van der Waals surface area contributed by atoms with Crippen molar-refractivity contribution in [1.29, 1.82) is 0 Å². The zero-order valence-corrected chi connectivity index (χ0v) is 16.0. The summed E-state index contributed by atoms with van der Waals surface area (Å²) in [4.78, 5) is 14.9. The Hall–Kier alpha value is -2.38. The number of nitrogens with one attached hydrogen (secondary N) is 1. The van der Waals surface area contributed by atoms with E-state index in [4.69, 9.17) is 0 Å². The maximum Gasteiger partial charge on any atom is 0.246 e. The van der Waals surface area contributed by atoms with E-state index in [0.29, 0.717) is 5.69 Å². The molecular formula is C19H23N3O3S. The summed E-state index contributed by atoms with van der Waals surface area (Å²) in [5.41, 5.74) is 2.79. The maximum absolute atomic E-state index is 12.7. The van der Waals surface area contributed by atoms with Crippen molar-refractivity contribution in [3.05, 3.63) is 54.1 Å². The van der Waals surface area contributed by atoms with Crippen molar-refractivity contribution in [3.63, 3.8) is 0 Å². The molecule has 26 heavy (non-hydrogen) atoms. The molecule has 2 aromatic carbocycles. The largest absolute Gasteiger partial charge is 0.359 e. The lowest BCUT2D eigenvalue weighted by Crippen LogP contribution is -2.41. The number of carbonyl (C=O) groups excluding carboxylic acids is 1. The lowest BCUT2D eigenvalue weighted by molar-refractivity contribution is -0.117. The number of hydrogen-bond acceptors (Lipinski definition) is 4. The van der Waals surface area contributed by atoms with Crippen molar-refractivity contribution in [3.8, 4) is 0 Å². The predicted octanol–water partition coefficient (Wildman–Crippen LogP) is 2.33. The zero-order valence-electron chi connectivity index (χ0n) is 15.1. The van der Waals surface area contributed by atoms with E-state index in [9.17, 15) is 13.2 Å². The van der Waals surface area contributed by atoms with Gasteiger partial charge >= 0.3 is 0 Å². The number of fused-ring (bicyclic) bond motifs is 1. The van der Waals surface area contributed by atoms with Gasteiger partial charge in [-0.2, -0.15) is 0 Å². The molecule has 1 heterocycles. The Kier molecular flexibility index (Phi) is 5.02. The van der Waals surface area contributed by atoms with E-state index in [2.05, 4.69) is 16.3 Å². The first-order valence-corrected chi connectivity index (χ1v) is 9.92. The van der Waals surface area contributed by atoms with Crippen LogP contribution < -0.4 is 10.2 Å². The lowest BCUT2D eigenvalue weighted by atomic mass is 10.1. The predicted molar refractivity (Wildman–Crippen MR) is 103 cm³/mol. The molecular weight excluding hydrogens is 350 g/mol. The molecule has 0 fully saturated rings. The fourth-order valence-electron chi connectivity index (χ4n) is 3.10. The van der Waals surface area contributed by atoms with Crippen molar-refractivity contribution in [1.82, 2.24) is 4.31 Å². The second kappa shape index (κ2) is 7.09. The molecule has 0 spiro atoms. The number of para-hydroxylation sites is 1. The topological polar surface area (TPSA) is 69.7 Å². The fourth-order valence-corrected chi connectivity index (χ4v) is 4.05. The van der Waals surface area contributed by atoms with Crippen LogP contribution in [0.25, 0.3) is 0 Å². The molecule has 1 amide bonds. The molecule has 2 aromatic rings. The first kappa shape index (κ1) is 18.4. The highest BCUT2D eigenvalue weighted by molar-refractivity contribution is 7.89. The van der Waals surface area contributed by atoms with Crippen LogP contribution in [-0.2, 0) is 21.2 Å². The zero-order chi connectivity index (χ0) is 18.9. The van der Waals surface area contributed by atoms with E-state index in [1.165, 1.54) is 31.8 Å². The van der Waals surface area contributed by atoms with Gasteiger partial charge in [0.25, 0.3) is 0 Å². The summed E-state index contributed by atoms with van der Waals surface area (Å²) in [5, 5.41) is 2.84. The van der Waals surface area contributed by atoms with E-state index in [1.54, 1.807) is 12.1 Å². The Morgan fingerprint density at radius 3 is 2.62 bits per heavy atom. The van der Waals surface area contributed by atoms with Crippen LogP contribution in [0.15, 0.2) is 53.4 Å². The minimum atomic E-state index is -3.54. The molecule has 0 radical (unpaired) electrons. The quantitative estimate of drug-likeness (QED) is 0.873. The number of benzene rings is 2. The van der Waals surface area contributed by atoms with Gasteiger partial charge in [-0.05, 0) is 43.2 Å². The average molecular weight is 373 g/mol. The summed E-state index contributed by atoms with van der Waals surface area (Å²) in [5.74, 6) is -0.166. The molecule has 0 unspecified atom stereocenters. The van der Waals surface area contributed by atoms with Gasteiger partial charge in [0, 0.05) is 32.0 Å². The Labute approximate surface area is 154 Å². The summed E-state index contributed by atoms with van der Waals surface area (Å²) >= 11 is 0.